The molecule has 0 saturated heterocycles. The molecular formula is C18H14ClN3OS. The van der Waals surface area contributed by atoms with E-state index in [1.54, 1.807) is 18.2 Å². The SMILES string of the molecule is O=C(C=Cc1ccc(Cl)cc1)Nc1nnc(Cc2ccccc2)s1. The van der Waals surface area contributed by atoms with Crippen molar-refractivity contribution in [3.8, 4) is 0 Å². The fourth-order valence-electron chi connectivity index (χ4n) is 2.04. The van der Waals surface area contributed by atoms with E-state index in [0.717, 1.165) is 16.1 Å². The van der Waals surface area contributed by atoms with Crippen LogP contribution < -0.4 is 5.32 Å². The number of rotatable bonds is 5. The number of nitrogens with zero attached hydrogens (tertiary/aromatic N) is 2. The van der Waals surface area contributed by atoms with E-state index in [1.165, 1.54) is 17.4 Å². The van der Waals surface area contributed by atoms with Crippen LogP contribution in [0, 0.1) is 0 Å². The molecule has 0 saturated carbocycles. The summed E-state index contributed by atoms with van der Waals surface area (Å²) in [5.41, 5.74) is 2.06. The van der Waals surface area contributed by atoms with E-state index in [4.69, 9.17) is 11.6 Å². The van der Waals surface area contributed by atoms with Crippen LogP contribution in [-0.4, -0.2) is 16.1 Å². The molecule has 1 N–H and O–H groups in total. The summed E-state index contributed by atoms with van der Waals surface area (Å²) < 4.78 is 0. The maximum absolute atomic E-state index is 11.9. The van der Waals surface area contributed by atoms with Gasteiger partial charge < -0.3 is 0 Å². The number of hydrogen-bond acceptors (Lipinski definition) is 4. The highest BCUT2D eigenvalue weighted by Gasteiger charge is 2.07. The molecule has 24 heavy (non-hydrogen) atoms. The number of halogens is 1. The van der Waals surface area contributed by atoms with E-state index in [9.17, 15) is 4.79 Å². The van der Waals surface area contributed by atoms with Crippen LogP contribution in [-0.2, 0) is 11.2 Å². The third-order valence-electron chi connectivity index (χ3n) is 3.19. The van der Waals surface area contributed by atoms with Crippen LogP contribution in [0.3, 0.4) is 0 Å². The average molecular weight is 356 g/mol. The predicted octanol–water partition coefficient (Wildman–Crippen LogP) is 4.43. The summed E-state index contributed by atoms with van der Waals surface area (Å²) in [5.74, 6) is -0.243. The molecule has 0 aliphatic heterocycles. The molecule has 2 aromatic carbocycles. The molecule has 0 unspecified atom stereocenters. The first-order valence-corrected chi connectivity index (χ1v) is 8.49. The van der Waals surface area contributed by atoms with Crippen LogP contribution in [0.15, 0.2) is 60.7 Å². The van der Waals surface area contributed by atoms with Gasteiger partial charge in [-0.2, -0.15) is 0 Å². The van der Waals surface area contributed by atoms with Gasteiger partial charge in [0, 0.05) is 17.5 Å². The summed E-state index contributed by atoms with van der Waals surface area (Å²) in [5, 5.41) is 12.8. The Morgan fingerprint density at radius 2 is 1.83 bits per heavy atom. The van der Waals surface area contributed by atoms with E-state index in [1.807, 2.05) is 42.5 Å². The largest absolute Gasteiger partial charge is 0.297 e. The number of aromatic nitrogens is 2. The van der Waals surface area contributed by atoms with Gasteiger partial charge in [-0.05, 0) is 29.3 Å². The minimum atomic E-state index is -0.243. The van der Waals surface area contributed by atoms with Crippen molar-refractivity contribution < 1.29 is 4.79 Å². The fraction of sp³-hybridized carbons (Fsp3) is 0.0556. The van der Waals surface area contributed by atoms with Gasteiger partial charge >= 0.3 is 0 Å². The predicted molar refractivity (Wildman–Crippen MR) is 98.3 cm³/mol. The molecule has 120 valence electrons. The first-order chi connectivity index (χ1) is 11.7. The molecule has 4 nitrogen and oxygen atoms in total. The summed E-state index contributed by atoms with van der Waals surface area (Å²) in [6, 6.07) is 17.3. The highest BCUT2D eigenvalue weighted by Crippen LogP contribution is 2.18. The molecule has 3 aromatic rings. The van der Waals surface area contributed by atoms with Crippen molar-refractivity contribution >= 4 is 40.1 Å². The Morgan fingerprint density at radius 1 is 1.08 bits per heavy atom. The molecule has 1 aromatic heterocycles. The number of nitrogens with one attached hydrogen (secondary N) is 1. The van der Waals surface area contributed by atoms with Crippen LogP contribution in [0.1, 0.15) is 16.1 Å². The lowest BCUT2D eigenvalue weighted by atomic mass is 10.2. The van der Waals surface area contributed by atoms with Crippen molar-refractivity contribution in [3.63, 3.8) is 0 Å². The Kier molecular flexibility index (Phi) is 5.36. The summed E-state index contributed by atoms with van der Waals surface area (Å²) in [4.78, 5) is 11.9. The van der Waals surface area contributed by atoms with Crippen LogP contribution in [0.25, 0.3) is 6.08 Å². The van der Waals surface area contributed by atoms with Crippen molar-refractivity contribution in [1.29, 1.82) is 0 Å². The van der Waals surface area contributed by atoms with Crippen molar-refractivity contribution in [2.45, 2.75) is 6.42 Å². The quantitative estimate of drug-likeness (QED) is 0.688. The Morgan fingerprint density at radius 3 is 2.58 bits per heavy atom. The molecule has 0 radical (unpaired) electrons. The van der Waals surface area contributed by atoms with E-state index in [0.29, 0.717) is 16.6 Å². The van der Waals surface area contributed by atoms with Gasteiger partial charge in [-0.1, -0.05) is 65.4 Å². The Hall–Kier alpha value is -2.50. The molecule has 3 rings (SSSR count). The maximum Gasteiger partial charge on any atom is 0.250 e. The standard InChI is InChI=1S/C18H14ClN3OS/c19-15-9-6-13(7-10-15)8-11-16(23)20-18-22-21-17(24-18)12-14-4-2-1-3-5-14/h1-11H,12H2,(H,20,22,23). The molecule has 0 atom stereocenters. The number of benzene rings is 2. The minimum Gasteiger partial charge on any atom is -0.297 e. The fourth-order valence-corrected chi connectivity index (χ4v) is 2.94. The molecule has 0 bridgehead atoms. The van der Waals surface area contributed by atoms with Gasteiger partial charge in [-0.15, -0.1) is 10.2 Å². The molecule has 1 amide bonds. The zero-order valence-corrected chi connectivity index (χ0v) is 14.2. The molecule has 0 spiro atoms. The van der Waals surface area contributed by atoms with Crippen LogP contribution in [0.2, 0.25) is 5.02 Å². The normalized spacial score (nSPS) is 10.9. The Labute approximate surface area is 148 Å². The number of amides is 1. The highest BCUT2D eigenvalue weighted by atomic mass is 35.5. The van der Waals surface area contributed by atoms with Gasteiger partial charge in [0.25, 0.3) is 0 Å². The second kappa shape index (κ2) is 7.86. The zero-order valence-electron chi connectivity index (χ0n) is 12.6. The zero-order chi connectivity index (χ0) is 16.8. The summed E-state index contributed by atoms with van der Waals surface area (Å²) in [6.45, 7) is 0. The van der Waals surface area contributed by atoms with Gasteiger partial charge in [-0.25, -0.2) is 0 Å². The smallest absolute Gasteiger partial charge is 0.250 e. The lowest BCUT2D eigenvalue weighted by Crippen LogP contribution is -2.07. The lowest BCUT2D eigenvalue weighted by Gasteiger charge is -1.96. The third-order valence-corrected chi connectivity index (χ3v) is 4.28. The first kappa shape index (κ1) is 16.4. The lowest BCUT2D eigenvalue weighted by molar-refractivity contribution is -0.111. The van der Waals surface area contributed by atoms with Crippen molar-refractivity contribution in [2.24, 2.45) is 0 Å². The van der Waals surface area contributed by atoms with Gasteiger partial charge in [0.05, 0.1) is 0 Å². The molecule has 6 heteroatoms. The van der Waals surface area contributed by atoms with E-state index >= 15 is 0 Å². The van der Waals surface area contributed by atoms with Crippen LogP contribution in [0.4, 0.5) is 5.13 Å². The molecular weight excluding hydrogens is 342 g/mol. The van der Waals surface area contributed by atoms with Crippen LogP contribution >= 0.6 is 22.9 Å². The molecule has 1 heterocycles. The first-order valence-electron chi connectivity index (χ1n) is 7.30. The monoisotopic (exact) mass is 355 g/mol. The topological polar surface area (TPSA) is 54.9 Å². The van der Waals surface area contributed by atoms with Crippen molar-refractivity contribution in [2.75, 3.05) is 5.32 Å². The second-order valence-electron chi connectivity index (χ2n) is 5.04. The van der Waals surface area contributed by atoms with Gasteiger partial charge in [-0.3, -0.25) is 10.1 Å². The minimum absolute atomic E-state index is 0.243. The van der Waals surface area contributed by atoms with E-state index in [2.05, 4.69) is 15.5 Å². The van der Waals surface area contributed by atoms with Crippen LogP contribution in [0.5, 0.6) is 0 Å². The maximum atomic E-state index is 11.9. The van der Waals surface area contributed by atoms with Crippen molar-refractivity contribution in [3.05, 3.63) is 81.8 Å². The highest BCUT2D eigenvalue weighted by molar-refractivity contribution is 7.15. The Balaban J connectivity index is 1.58. The molecule has 0 aliphatic carbocycles. The summed E-state index contributed by atoms with van der Waals surface area (Å²) in [6.07, 6.45) is 3.88. The molecule has 0 aliphatic rings. The number of carbonyl (C=O) groups excluding carboxylic acids is 1. The van der Waals surface area contributed by atoms with E-state index < -0.39 is 0 Å². The second-order valence-corrected chi connectivity index (χ2v) is 6.54. The number of anilines is 1. The van der Waals surface area contributed by atoms with Crippen molar-refractivity contribution in [1.82, 2.24) is 10.2 Å². The van der Waals surface area contributed by atoms with Gasteiger partial charge in [0.2, 0.25) is 11.0 Å². The average Bonchev–Trinajstić information content (AvgIpc) is 3.02. The Bertz CT molecular complexity index is 844. The van der Waals surface area contributed by atoms with Gasteiger partial charge in [0.1, 0.15) is 5.01 Å². The van der Waals surface area contributed by atoms with Gasteiger partial charge in [0.15, 0.2) is 0 Å². The number of carbonyl (C=O) groups is 1. The number of hydrogen-bond donors (Lipinski definition) is 1. The molecule has 0 fully saturated rings. The summed E-state index contributed by atoms with van der Waals surface area (Å²) in [7, 11) is 0. The summed E-state index contributed by atoms with van der Waals surface area (Å²) >= 11 is 7.20. The third kappa shape index (κ3) is 4.75. The van der Waals surface area contributed by atoms with E-state index in [-0.39, 0.29) is 5.91 Å².